The second-order valence-electron chi connectivity index (χ2n) is 3.82. The zero-order valence-electron chi connectivity index (χ0n) is 10.6. The molecule has 0 radical (unpaired) electrons. The molecule has 1 aromatic heterocycles. The van der Waals surface area contributed by atoms with Crippen LogP contribution < -0.4 is 10.1 Å². The molecule has 2 rings (SSSR count). The van der Waals surface area contributed by atoms with Crippen LogP contribution in [-0.4, -0.2) is 17.1 Å². The van der Waals surface area contributed by atoms with Crippen molar-refractivity contribution in [3.05, 3.63) is 40.5 Å². The second kappa shape index (κ2) is 5.97. The Hall–Kier alpha value is -1.69. The van der Waals surface area contributed by atoms with Gasteiger partial charge in [-0.25, -0.2) is 14.4 Å². The molecule has 0 aliphatic rings. The Morgan fingerprint density at radius 1 is 1.32 bits per heavy atom. The molecule has 0 saturated carbocycles. The summed E-state index contributed by atoms with van der Waals surface area (Å²) in [6.07, 6.45) is 0.731. The van der Waals surface area contributed by atoms with Crippen molar-refractivity contribution in [2.24, 2.45) is 0 Å². The molecule has 0 spiro atoms. The highest BCUT2D eigenvalue weighted by atomic mass is 79.9. The number of nitrogens with zero attached hydrogens (tertiary/aromatic N) is 2. The minimum atomic E-state index is -0.347. The number of hydrogen-bond donors (Lipinski definition) is 1. The number of aryl methyl sites for hydroxylation is 1. The maximum atomic E-state index is 13.1. The van der Waals surface area contributed by atoms with E-state index >= 15 is 0 Å². The number of anilines is 2. The summed E-state index contributed by atoms with van der Waals surface area (Å²) in [7, 11) is 1.49. The smallest absolute Gasteiger partial charge is 0.145 e. The van der Waals surface area contributed by atoms with Gasteiger partial charge in [-0.05, 0) is 28.1 Å². The lowest BCUT2D eigenvalue weighted by molar-refractivity contribution is 0.413. The van der Waals surface area contributed by atoms with E-state index in [0.29, 0.717) is 21.9 Å². The Labute approximate surface area is 119 Å². The first-order chi connectivity index (χ1) is 9.12. The van der Waals surface area contributed by atoms with Crippen molar-refractivity contribution in [3.63, 3.8) is 0 Å². The average molecular weight is 326 g/mol. The first kappa shape index (κ1) is 13.7. The van der Waals surface area contributed by atoms with Crippen LogP contribution in [0.4, 0.5) is 15.9 Å². The van der Waals surface area contributed by atoms with Gasteiger partial charge < -0.3 is 10.1 Å². The van der Waals surface area contributed by atoms with Crippen molar-refractivity contribution in [2.75, 3.05) is 12.4 Å². The molecule has 6 heteroatoms. The predicted octanol–water partition coefficient (Wildman–Crippen LogP) is 3.69. The molecular weight excluding hydrogens is 313 g/mol. The van der Waals surface area contributed by atoms with Crippen molar-refractivity contribution in [2.45, 2.75) is 13.3 Å². The van der Waals surface area contributed by atoms with Gasteiger partial charge >= 0.3 is 0 Å². The predicted molar refractivity (Wildman–Crippen MR) is 75.3 cm³/mol. The van der Waals surface area contributed by atoms with Crippen LogP contribution in [0.5, 0.6) is 5.75 Å². The summed E-state index contributed by atoms with van der Waals surface area (Å²) in [5.41, 5.74) is 0.650. The number of halogens is 2. The number of methoxy groups -OCH3 is 1. The summed E-state index contributed by atoms with van der Waals surface area (Å²) in [4.78, 5) is 8.57. The number of rotatable bonds is 4. The molecular formula is C13H13BrFN3O. The van der Waals surface area contributed by atoms with Crippen molar-refractivity contribution in [1.82, 2.24) is 9.97 Å². The topological polar surface area (TPSA) is 47.0 Å². The van der Waals surface area contributed by atoms with E-state index in [1.807, 2.05) is 6.92 Å². The number of benzene rings is 1. The van der Waals surface area contributed by atoms with E-state index in [0.717, 1.165) is 12.2 Å². The lowest BCUT2D eigenvalue weighted by atomic mass is 10.3. The van der Waals surface area contributed by atoms with Crippen LogP contribution in [0.1, 0.15) is 12.7 Å². The normalized spacial score (nSPS) is 10.3. The van der Waals surface area contributed by atoms with Gasteiger partial charge in [-0.15, -0.1) is 0 Å². The number of hydrogen-bond acceptors (Lipinski definition) is 4. The lowest BCUT2D eigenvalue weighted by Crippen LogP contribution is -2.01. The van der Waals surface area contributed by atoms with Gasteiger partial charge in [0.25, 0.3) is 0 Å². The van der Waals surface area contributed by atoms with Crippen molar-refractivity contribution < 1.29 is 9.13 Å². The standard InChI is InChI=1S/C13H13BrFN3O/c1-3-12-17-11(14)7-13(18-12)16-9-5-4-8(15)6-10(9)19-2/h4-7H,3H2,1-2H3,(H,16,17,18). The minimum absolute atomic E-state index is 0.347. The van der Waals surface area contributed by atoms with Crippen molar-refractivity contribution in [3.8, 4) is 5.75 Å². The van der Waals surface area contributed by atoms with Crippen LogP contribution in [0.2, 0.25) is 0 Å². The number of nitrogens with one attached hydrogen (secondary N) is 1. The summed E-state index contributed by atoms with van der Waals surface area (Å²) in [6, 6.07) is 6.04. The van der Waals surface area contributed by atoms with E-state index in [2.05, 4.69) is 31.2 Å². The maximum Gasteiger partial charge on any atom is 0.145 e. The molecule has 1 heterocycles. The Bertz CT molecular complexity index is 592. The molecule has 4 nitrogen and oxygen atoms in total. The summed E-state index contributed by atoms with van der Waals surface area (Å²) < 4.78 is 18.9. The Morgan fingerprint density at radius 3 is 2.79 bits per heavy atom. The third kappa shape index (κ3) is 3.41. The summed E-state index contributed by atoms with van der Waals surface area (Å²) in [5.74, 6) is 1.43. The monoisotopic (exact) mass is 325 g/mol. The number of aromatic nitrogens is 2. The lowest BCUT2D eigenvalue weighted by Gasteiger charge is -2.11. The molecule has 2 aromatic rings. The average Bonchev–Trinajstić information content (AvgIpc) is 2.40. The first-order valence-electron chi connectivity index (χ1n) is 5.76. The molecule has 1 N–H and O–H groups in total. The van der Waals surface area contributed by atoms with Crippen molar-refractivity contribution >= 4 is 27.4 Å². The molecule has 19 heavy (non-hydrogen) atoms. The van der Waals surface area contributed by atoms with E-state index in [1.54, 1.807) is 12.1 Å². The van der Waals surface area contributed by atoms with Crippen LogP contribution >= 0.6 is 15.9 Å². The van der Waals surface area contributed by atoms with E-state index in [4.69, 9.17) is 4.74 Å². The van der Waals surface area contributed by atoms with Gasteiger partial charge in [-0.2, -0.15) is 0 Å². The van der Waals surface area contributed by atoms with Gasteiger partial charge in [0.2, 0.25) is 0 Å². The van der Waals surface area contributed by atoms with Crippen LogP contribution in [0.3, 0.4) is 0 Å². The fraction of sp³-hybridized carbons (Fsp3) is 0.231. The van der Waals surface area contributed by atoms with E-state index in [9.17, 15) is 4.39 Å². The molecule has 0 atom stereocenters. The third-order valence-corrected chi connectivity index (χ3v) is 2.89. The van der Waals surface area contributed by atoms with Gasteiger partial charge in [0.15, 0.2) is 0 Å². The molecule has 0 fully saturated rings. The van der Waals surface area contributed by atoms with E-state index < -0.39 is 0 Å². The SMILES string of the molecule is CCc1nc(Br)cc(Nc2ccc(F)cc2OC)n1. The van der Waals surface area contributed by atoms with Gasteiger partial charge in [0.1, 0.15) is 27.8 Å². The maximum absolute atomic E-state index is 13.1. The summed E-state index contributed by atoms with van der Waals surface area (Å²) in [5, 5.41) is 3.09. The molecule has 1 aromatic carbocycles. The molecule has 0 amide bonds. The molecule has 0 aliphatic heterocycles. The summed E-state index contributed by atoms with van der Waals surface area (Å²) in [6.45, 7) is 1.98. The minimum Gasteiger partial charge on any atom is -0.494 e. The molecule has 100 valence electrons. The second-order valence-corrected chi connectivity index (χ2v) is 4.63. The van der Waals surface area contributed by atoms with Gasteiger partial charge in [-0.3, -0.25) is 0 Å². The fourth-order valence-electron chi connectivity index (χ4n) is 1.59. The third-order valence-electron chi connectivity index (χ3n) is 2.48. The molecule has 0 saturated heterocycles. The highest BCUT2D eigenvalue weighted by Crippen LogP contribution is 2.28. The number of ether oxygens (including phenoxy) is 1. The van der Waals surface area contributed by atoms with Gasteiger partial charge in [0.05, 0.1) is 12.8 Å². The summed E-state index contributed by atoms with van der Waals surface area (Å²) >= 11 is 3.33. The zero-order chi connectivity index (χ0) is 13.8. The van der Waals surface area contributed by atoms with E-state index in [1.165, 1.54) is 19.2 Å². The van der Waals surface area contributed by atoms with Gasteiger partial charge in [0, 0.05) is 18.6 Å². The van der Waals surface area contributed by atoms with Crippen LogP contribution in [0.15, 0.2) is 28.9 Å². The Morgan fingerprint density at radius 2 is 2.11 bits per heavy atom. The first-order valence-corrected chi connectivity index (χ1v) is 6.55. The van der Waals surface area contributed by atoms with Crippen molar-refractivity contribution in [1.29, 1.82) is 0 Å². The zero-order valence-corrected chi connectivity index (χ0v) is 12.2. The molecule has 0 unspecified atom stereocenters. The highest BCUT2D eigenvalue weighted by molar-refractivity contribution is 9.10. The quantitative estimate of drug-likeness (QED) is 0.871. The van der Waals surface area contributed by atoms with Gasteiger partial charge in [-0.1, -0.05) is 6.92 Å². The molecule has 0 bridgehead atoms. The fourth-order valence-corrected chi connectivity index (χ4v) is 2.01. The largest absolute Gasteiger partial charge is 0.494 e. The van der Waals surface area contributed by atoms with Crippen LogP contribution in [0, 0.1) is 5.82 Å². The Kier molecular flexibility index (Phi) is 4.31. The van der Waals surface area contributed by atoms with E-state index in [-0.39, 0.29) is 5.82 Å². The highest BCUT2D eigenvalue weighted by Gasteiger charge is 2.07. The van der Waals surface area contributed by atoms with Crippen LogP contribution in [-0.2, 0) is 6.42 Å². The Balaban J connectivity index is 2.33. The van der Waals surface area contributed by atoms with Crippen LogP contribution in [0.25, 0.3) is 0 Å². The molecule has 0 aliphatic carbocycles.